The number of hydrogen-bond donors (Lipinski definition) is 0. The number of hydrogen-bond acceptors (Lipinski definition) is 6. The van der Waals surface area contributed by atoms with Crippen LogP contribution in [0.2, 0.25) is 0 Å². The Morgan fingerprint density at radius 2 is 2.14 bits per heavy atom. The van der Waals surface area contributed by atoms with Gasteiger partial charge in [-0.2, -0.15) is 4.37 Å². The first kappa shape index (κ1) is 17.6. The number of benzene rings is 1. The summed E-state index contributed by atoms with van der Waals surface area (Å²) in [5.41, 5.74) is 0.826. The summed E-state index contributed by atoms with van der Waals surface area (Å²) >= 11 is 1.28. The van der Waals surface area contributed by atoms with Crippen LogP contribution in [0.3, 0.4) is 0 Å². The highest BCUT2D eigenvalue weighted by Gasteiger charge is 2.33. The van der Waals surface area contributed by atoms with Crippen molar-refractivity contribution < 1.29 is 18.7 Å². The molecule has 146 valence electrons. The van der Waals surface area contributed by atoms with E-state index in [9.17, 15) is 9.18 Å². The highest BCUT2D eigenvalue weighted by molar-refractivity contribution is 7.03. The van der Waals surface area contributed by atoms with Gasteiger partial charge in [-0.05, 0) is 35.8 Å². The van der Waals surface area contributed by atoms with Gasteiger partial charge in [-0.25, -0.2) is 9.18 Å². The number of anilines is 1. The first-order valence-electron chi connectivity index (χ1n) is 8.90. The first-order chi connectivity index (χ1) is 14.2. The largest absolute Gasteiger partial charge is 0.473 e. The van der Waals surface area contributed by atoms with Crippen LogP contribution in [0.15, 0.2) is 60.5 Å². The number of carbonyl (C=O) groups is 1. The number of fused-ring (bicyclic) bond motifs is 1. The zero-order valence-corrected chi connectivity index (χ0v) is 15.9. The van der Waals surface area contributed by atoms with Gasteiger partial charge in [-0.3, -0.25) is 9.88 Å². The van der Waals surface area contributed by atoms with Crippen molar-refractivity contribution in [2.75, 3.05) is 18.1 Å². The fourth-order valence-electron chi connectivity index (χ4n) is 3.27. The molecule has 0 aliphatic carbocycles. The normalized spacial score (nSPS) is 16.4. The van der Waals surface area contributed by atoms with E-state index in [1.165, 1.54) is 22.5 Å². The number of halogens is 1. The molecular formula is C20H15FN4O3S. The third-order valence-electron chi connectivity index (χ3n) is 4.67. The van der Waals surface area contributed by atoms with Gasteiger partial charge in [-0.1, -0.05) is 0 Å². The number of ether oxygens (including phenoxy) is 2. The summed E-state index contributed by atoms with van der Waals surface area (Å²) in [6.07, 6.45) is 6.10. The molecule has 3 aromatic heterocycles. The van der Waals surface area contributed by atoms with Crippen LogP contribution in [0.1, 0.15) is 0 Å². The molecule has 5 rings (SSSR count). The average molecular weight is 410 g/mol. The van der Waals surface area contributed by atoms with E-state index < -0.39 is 18.0 Å². The van der Waals surface area contributed by atoms with Gasteiger partial charge in [0.05, 0.1) is 17.9 Å². The molecule has 7 nitrogen and oxygen atoms in total. The summed E-state index contributed by atoms with van der Waals surface area (Å²) in [4.78, 5) is 17.7. The topological polar surface area (TPSA) is 69.5 Å². The lowest BCUT2D eigenvalue weighted by molar-refractivity contribution is 0.104. The predicted octanol–water partition coefficient (Wildman–Crippen LogP) is 4.03. The Balaban J connectivity index is 1.33. The SMILES string of the molecule is O=C1O[C@@H](COc2ccsn2)CN1c1ccc(-n2cc3ccncc3c2)c(F)c1. The van der Waals surface area contributed by atoms with Crippen molar-refractivity contribution in [3.8, 4) is 11.6 Å². The van der Waals surface area contributed by atoms with E-state index in [4.69, 9.17) is 9.47 Å². The van der Waals surface area contributed by atoms with E-state index in [0.717, 1.165) is 10.8 Å². The van der Waals surface area contributed by atoms with Crippen LogP contribution in [0, 0.1) is 5.82 Å². The van der Waals surface area contributed by atoms with E-state index in [2.05, 4.69) is 9.36 Å². The van der Waals surface area contributed by atoms with Crippen molar-refractivity contribution >= 4 is 34.1 Å². The Hall–Kier alpha value is -3.46. The van der Waals surface area contributed by atoms with E-state index in [1.807, 2.05) is 18.5 Å². The van der Waals surface area contributed by atoms with Gasteiger partial charge in [-0.15, -0.1) is 0 Å². The number of rotatable bonds is 5. The molecule has 29 heavy (non-hydrogen) atoms. The number of amides is 1. The molecule has 0 spiro atoms. The molecule has 9 heteroatoms. The molecule has 0 radical (unpaired) electrons. The summed E-state index contributed by atoms with van der Waals surface area (Å²) in [5.74, 6) is 0.0555. The molecule has 0 unspecified atom stereocenters. The second-order valence-corrected chi connectivity index (χ2v) is 7.24. The number of cyclic esters (lactones) is 1. The fourth-order valence-corrected chi connectivity index (χ4v) is 3.72. The maximum atomic E-state index is 14.8. The Labute approximate surface area is 169 Å². The van der Waals surface area contributed by atoms with Gasteiger partial charge in [0.2, 0.25) is 5.88 Å². The van der Waals surface area contributed by atoms with Crippen molar-refractivity contribution in [2.45, 2.75) is 6.10 Å². The van der Waals surface area contributed by atoms with Crippen LogP contribution in [-0.2, 0) is 4.74 Å². The second kappa shape index (κ2) is 7.17. The molecule has 1 saturated heterocycles. The molecule has 0 N–H and O–H groups in total. The van der Waals surface area contributed by atoms with E-state index in [0.29, 0.717) is 17.3 Å². The molecule has 1 aliphatic heterocycles. The maximum Gasteiger partial charge on any atom is 0.414 e. The quantitative estimate of drug-likeness (QED) is 0.497. The van der Waals surface area contributed by atoms with Crippen molar-refractivity contribution in [3.63, 3.8) is 0 Å². The molecule has 1 fully saturated rings. The molecule has 1 amide bonds. The van der Waals surface area contributed by atoms with Gasteiger partial charge in [0.25, 0.3) is 0 Å². The summed E-state index contributed by atoms with van der Waals surface area (Å²) in [5, 5.41) is 3.69. The monoisotopic (exact) mass is 410 g/mol. The summed E-state index contributed by atoms with van der Waals surface area (Å²) < 4.78 is 31.4. The van der Waals surface area contributed by atoms with E-state index >= 15 is 0 Å². The Bertz CT molecular complexity index is 1140. The van der Waals surface area contributed by atoms with Gasteiger partial charge >= 0.3 is 6.09 Å². The number of carbonyl (C=O) groups excluding carboxylic acids is 1. The zero-order valence-electron chi connectivity index (χ0n) is 15.1. The lowest BCUT2D eigenvalue weighted by Gasteiger charge is -2.14. The molecule has 1 aromatic carbocycles. The summed E-state index contributed by atoms with van der Waals surface area (Å²) in [6, 6.07) is 8.29. The van der Waals surface area contributed by atoms with Crippen LogP contribution in [0.5, 0.6) is 5.88 Å². The highest BCUT2D eigenvalue weighted by Crippen LogP contribution is 2.27. The third-order valence-corrected chi connectivity index (χ3v) is 5.21. The van der Waals surface area contributed by atoms with Crippen LogP contribution >= 0.6 is 11.5 Å². The second-order valence-electron chi connectivity index (χ2n) is 6.57. The highest BCUT2D eigenvalue weighted by atomic mass is 32.1. The minimum Gasteiger partial charge on any atom is -0.473 e. The molecule has 1 atom stereocenters. The van der Waals surface area contributed by atoms with Crippen LogP contribution in [0.4, 0.5) is 14.9 Å². The molecule has 4 aromatic rings. The lowest BCUT2D eigenvalue weighted by Crippen LogP contribution is -2.26. The number of pyridine rings is 1. The van der Waals surface area contributed by atoms with Crippen LogP contribution in [-0.4, -0.2) is 39.3 Å². The fraction of sp³-hybridized carbons (Fsp3) is 0.150. The molecule has 0 saturated carbocycles. The predicted molar refractivity (Wildman–Crippen MR) is 106 cm³/mol. The van der Waals surface area contributed by atoms with Crippen LogP contribution < -0.4 is 9.64 Å². The summed E-state index contributed by atoms with van der Waals surface area (Å²) in [7, 11) is 0. The molecular weight excluding hydrogens is 395 g/mol. The lowest BCUT2D eigenvalue weighted by atomic mass is 10.2. The number of aromatic nitrogens is 3. The molecule has 4 heterocycles. The summed E-state index contributed by atoms with van der Waals surface area (Å²) in [6.45, 7) is 0.470. The van der Waals surface area contributed by atoms with Gasteiger partial charge in [0, 0.05) is 47.0 Å². The Morgan fingerprint density at radius 1 is 1.24 bits per heavy atom. The Morgan fingerprint density at radius 3 is 2.93 bits per heavy atom. The average Bonchev–Trinajstić information content (AvgIpc) is 3.45. The van der Waals surface area contributed by atoms with Crippen LogP contribution in [0.25, 0.3) is 16.5 Å². The van der Waals surface area contributed by atoms with E-state index in [-0.39, 0.29) is 13.2 Å². The van der Waals surface area contributed by atoms with Gasteiger partial charge in [0.15, 0.2) is 6.10 Å². The third kappa shape index (κ3) is 3.40. The first-order valence-corrected chi connectivity index (χ1v) is 9.74. The smallest absolute Gasteiger partial charge is 0.414 e. The molecule has 0 bridgehead atoms. The van der Waals surface area contributed by atoms with Crippen molar-refractivity contribution in [1.82, 2.24) is 13.9 Å². The maximum absolute atomic E-state index is 14.8. The van der Waals surface area contributed by atoms with Gasteiger partial charge in [0.1, 0.15) is 12.4 Å². The molecule has 1 aliphatic rings. The number of nitrogens with zero attached hydrogens (tertiary/aromatic N) is 4. The van der Waals surface area contributed by atoms with Gasteiger partial charge < -0.3 is 14.0 Å². The minimum absolute atomic E-state index is 0.191. The van der Waals surface area contributed by atoms with Crippen molar-refractivity contribution in [1.29, 1.82) is 0 Å². The van der Waals surface area contributed by atoms with E-state index in [1.54, 1.807) is 40.5 Å². The minimum atomic E-state index is -0.526. The standard InChI is InChI=1S/C20H15FN4O3S/c21-17-7-15(1-2-18(17)24-9-13-3-5-22-8-14(13)10-24)25-11-16(28-20(25)26)12-27-19-4-6-29-23-19/h1-10,16H,11-12H2/t16-/m1/s1. The Kier molecular flexibility index (Phi) is 4.36. The van der Waals surface area contributed by atoms with Crippen molar-refractivity contribution in [3.05, 3.63) is 66.3 Å². The van der Waals surface area contributed by atoms with Crippen molar-refractivity contribution in [2.24, 2.45) is 0 Å². The zero-order chi connectivity index (χ0) is 19.8.